The molecule has 0 unspecified atom stereocenters. The smallest absolute Gasteiger partial charge is 0.267 e. The third-order valence-electron chi connectivity index (χ3n) is 3.78. The molecule has 124 valence electrons. The predicted molar refractivity (Wildman–Crippen MR) is 104 cm³/mol. The van der Waals surface area contributed by atoms with Gasteiger partial charge in [-0.15, -0.1) is 11.8 Å². The second-order valence-electron chi connectivity index (χ2n) is 5.23. The summed E-state index contributed by atoms with van der Waals surface area (Å²) in [6.45, 7) is 0. The molecule has 3 rings (SSSR count). The Balaban J connectivity index is 2.35. The van der Waals surface area contributed by atoms with Crippen LogP contribution in [0.1, 0.15) is 11.3 Å². The molecule has 1 aromatic heterocycles. The number of hydrogen-bond donors (Lipinski definition) is 1. The van der Waals surface area contributed by atoms with Gasteiger partial charge < -0.3 is 0 Å². The Morgan fingerprint density at radius 3 is 2.40 bits per heavy atom. The molecule has 0 amide bonds. The molecule has 0 saturated heterocycles. The average molecular weight is 365 g/mol. The molecular formula is C19H15N3OS2. The molecule has 0 fully saturated rings. The van der Waals surface area contributed by atoms with Crippen LogP contribution in [0.15, 0.2) is 64.3 Å². The van der Waals surface area contributed by atoms with E-state index >= 15 is 0 Å². The van der Waals surface area contributed by atoms with Gasteiger partial charge in [0.2, 0.25) is 0 Å². The summed E-state index contributed by atoms with van der Waals surface area (Å²) in [6, 6.07) is 19.1. The minimum atomic E-state index is -0.377. The van der Waals surface area contributed by atoms with Gasteiger partial charge in [-0.05, 0) is 30.5 Å². The van der Waals surface area contributed by atoms with Crippen molar-refractivity contribution in [2.24, 2.45) is 0 Å². The van der Waals surface area contributed by atoms with Gasteiger partial charge in [0.25, 0.3) is 5.56 Å². The maximum Gasteiger partial charge on any atom is 0.276 e. The molecule has 25 heavy (non-hydrogen) atoms. The fourth-order valence-corrected chi connectivity index (χ4v) is 3.18. The standard InChI is InChI=1S/C19H15N3OS2/c1-25-15-9-7-14(8-10-15)22-18(13-5-3-2-4-6-13)21-17(12-24)16(11-20)19(22)23/h2-10,24H,12H2,1H3. The predicted octanol–water partition coefficient (Wildman–Crippen LogP) is 3.92. The van der Waals surface area contributed by atoms with Gasteiger partial charge in [0, 0.05) is 16.2 Å². The molecular weight excluding hydrogens is 350 g/mol. The van der Waals surface area contributed by atoms with E-state index in [4.69, 9.17) is 0 Å². The topological polar surface area (TPSA) is 58.7 Å². The second-order valence-corrected chi connectivity index (χ2v) is 6.43. The molecule has 0 aliphatic carbocycles. The average Bonchev–Trinajstić information content (AvgIpc) is 2.68. The number of thiol groups is 1. The van der Waals surface area contributed by atoms with Crippen LogP contribution >= 0.6 is 24.4 Å². The summed E-state index contributed by atoms with van der Waals surface area (Å²) >= 11 is 5.85. The van der Waals surface area contributed by atoms with Crippen molar-refractivity contribution in [2.45, 2.75) is 10.6 Å². The van der Waals surface area contributed by atoms with E-state index in [0.29, 0.717) is 17.2 Å². The molecule has 0 N–H and O–H groups in total. The highest BCUT2D eigenvalue weighted by atomic mass is 32.2. The van der Waals surface area contributed by atoms with E-state index in [1.54, 1.807) is 11.8 Å². The van der Waals surface area contributed by atoms with Crippen LogP contribution in [0.2, 0.25) is 0 Å². The van der Waals surface area contributed by atoms with Gasteiger partial charge in [0.05, 0.1) is 11.4 Å². The molecule has 0 aliphatic heterocycles. The Hall–Kier alpha value is -2.49. The summed E-state index contributed by atoms with van der Waals surface area (Å²) < 4.78 is 1.49. The van der Waals surface area contributed by atoms with Crippen molar-refractivity contribution in [1.29, 1.82) is 5.26 Å². The van der Waals surface area contributed by atoms with Crippen molar-refractivity contribution >= 4 is 24.4 Å². The highest BCUT2D eigenvalue weighted by Gasteiger charge is 2.18. The van der Waals surface area contributed by atoms with E-state index in [-0.39, 0.29) is 16.9 Å². The quantitative estimate of drug-likeness (QED) is 0.562. The number of nitrogens with zero attached hydrogens (tertiary/aromatic N) is 3. The minimum Gasteiger partial charge on any atom is -0.267 e. The van der Waals surface area contributed by atoms with Crippen molar-refractivity contribution in [2.75, 3.05) is 6.26 Å². The summed E-state index contributed by atoms with van der Waals surface area (Å²) in [5.41, 5.74) is 1.53. The van der Waals surface area contributed by atoms with Gasteiger partial charge in [-0.1, -0.05) is 30.3 Å². The van der Waals surface area contributed by atoms with E-state index < -0.39 is 0 Å². The number of thioether (sulfide) groups is 1. The van der Waals surface area contributed by atoms with E-state index in [1.165, 1.54) is 4.57 Å². The molecule has 0 saturated carbocycles. The van der Waals surface area contributed by atoms with Gasteiger partial charge in [-0.2, -0.15) is 17.9 Å². The zero-order valence-electron chi connectivity index (χ0n) is 13.5. The second kappa shape index (κ2) is 7.60. The first-order chi connectivity index (χ1) is 12.2. The Bertz CT molecular complexity index is 990. The van der Waals surface area contributed by atoms with Crippen LogP contribution in [-0.2, 0) is 5.75 Å². The minimum absolute atomic E-state index is 0.0311. The third-order valence-corrected chi connectivity index (χ3v) is 4.83. The zero-order chi connectivity index (χ0) is 17.8. The maximum atomic E-state index is 13.0. The van der Waals surface area contributed by atoms with Crippen molar-refractivity contribution in [3.63, 3.8) is 0 Å². The van der Waals surface area contributed by atoms with Crippen LogP contribution in [0.25, 0.3) is 17.1 Å². The van der Waals surface area contributed by atoms with E-state index in [9.17, 15) is 10.1 Å². The molecule has 1 heterocycles. The summed E-state index contributed by atoms with van der Waals surface area (Å²) in [5, 5.41) is 9.40. The Labute approximate surface area is 155 Å². The van der Waals surface area contributed by atoms with E-state index in [1.807, 2.05) is 66.9 Å². The molecule has 0 bridgehead atoms. The molecule has 2 aromatic carbocycles. The lowest BCUT2D eigenvalue weighted by atomic mass is 10.1. The van der Waals surface area contributed by atoms with E-state index in [0.717, 1.165) is 10.5 Å². The number of benzene rings is 2. The Morgan fingerprint density at radius 2 is 1.84 bits per heavy atom. The van der Waals surface area contributed by atoms with Gasteiger partial charge in [0.15, 0.2) is 0 Å². The molecule has 0 radical (unpaired) electrons. The third kappa shape index (κ3) is 3.34. The summed E-state index contributed by atoms with van der Waals surface area (Å²) in [7, 11) is 0. The summed E-state index contributed by atoms with van der Waals surface area (Å²) in [5.74, 6) is 0.732. The maximum absolute atomic E-state index is 13.0. The molecule has 6 heteroatoms. The van der Waals surface area contributed by atoms with Crippen molar-refractivity contribution < 1.29 is 0 Å². The first-order valence-corrected chi connectivity index (χ1v) is 9.42. The van der Waals surface area contributed by atoms with Crippen LogP contribution in [0.5, 0.6) is 0 Å². The van der Waals surface area contributed by atoms with Gasteiger partial charge in [-0.3, -0.25) is 9.36 Å². The summed E-state index contributed by atoms with van der Waals surface area (Å²) in [4.78, 5) is 18.7. The van der Waals surface area contributed by atoms with Crippen LogP contribution in [-0.4, -0.2) is 15.8 Å². The summed E-state index contributed by atoms with van der Waals surface area (Å²) in [6.07, 6.45) is 1.99. The van der Waals surface area contributed by atoms with Crippen LogP contribution in [0.4, 0.5) is 0 Å². The Kier molecular flexibility index (Phi) is 5.27. The lowest BCUT2D eigenvalue weighted by molar-refractivity contribution is 0.915. The van der Waals surface area contributed by atoms with Gasteiger partial charge in [0.1, 0.15) is 17.5 Å². The number of hydrogen-bond acceptors (Lipinski definition) is 5. The van der Waals surface area contributed by atoms with Gasteiger partial charge >= 0.3 is 0 Å². The fourth-order valence-electron chi connectivity index (χ4n) is 2.54. The normalized spacial score (nSPS) is 10.4. The van der Waals surface area contributed by atoms with Crippen molar-refractivity contribution in [3.8, 4) is 23.1 Å². The van der Waals surface area contributed by atoms with Crippen LogP contribution < -0.4 is 5.56 Å². The molecule has 3 aromatic rings. The van der Waals surface area contributed by atoms with E-state index in [2.05, 4.69) is 17.6 Å². The first-order valence-electron chi connectivity index (χ1n) is 7.56. The largest absolute Gasteiger partial charge is 0.276 e. The highest BCUT2D eigenvalue weighted by molar-refractivity contribution is 7.98. The molecule has 4 nitrogen and oxygen atoms in total. The van der Waals surface area contributed by atoms with Crippen molar-refractivity contribution in [3.05, 3.63) is 76.2 Å². The fraction of sp³-hybridized carbons (Fsp3) is 0.105. The number of rotatable bonds is 4. The first kappa shape index (κ1) is 17.3. The molecule has 0 atom stereocenters. The zero-order valence-corrected chi connectivity index (χ0v) is 15.2. The van der Waals surface area contributed by atoms with Crippen molar-refractivity contribution in [1.82, 2.24) is 9.55 Å². The van der Waals surface area contributed by atoms with Gasteiger partial charge in [-0.25, -0.2) is 4.98 Å². The lowest BCUT2D eigenvalue weighted by Crippen LogP contribution is -2.26. The molecule has 0 aliphatic rings. The SMILES string of the molecule is CSc1ccc(-n2c(-c3ccccc3)nc(CS)c(C#N)c2=O)cc1. The number of aromatic nitrogens is 2. The van der Waals surface area contributed by atoms with Crippen LogP contribution in [0, 0.1) is 11.3 Å². The number of nitriles is 1. The highest BCUT2D eigenvalue weighted by Crippen LogP contribution is 2.23. The monoisotopic (exact) mass is 365 g/mol. The van der Waals surface area contributed by atoms with Crippen LogP contribution in [0.3, 0.4) is 0 Å². The molecule has 0 spiro atoms. The lowest BCUT2D eigenvalue weighted by Gasteiger charge is -2.15. The Morgan fingerprint density at radius 1 is 1.16 bits per heavy atom.